The summed E-state index contributed by atoms with van der Waals surface area (Å²) in [6, 6.07) is 0. The lowest BCUT2D eigenvalue weighted by Gasteiger charge is -2.21. The number of nitrogens with two attached hydrogens (primary N) is 1. The Morgan fingerprint density at radius 1 is 1.08 bits per heavy atom. The molecule has 78 valence electrons. The van der Waals surface area contributed by atoms with E-state index in [1.807, 2.05) is 0 Å². The number of aliphatic hydroxyl groups is 2. The average molecular weight is 201 g/mol. The molecule has 0 aromatic carbocycles. The second-order valence-electron chi connectivity index (χ2n) is 3.25. The molecule has 0 atom stereocenters. The molecule has 0 aromatic heterocycles. The van der Waals surface area contributed by atoms with Gasteiger partial charge in [-0.25, -0.2) is 0 Å². The van der Waals surface area contributed by atoms with E-state index in [-0.39, 0.29) is 25.6 Å². The highest BCUT2D eigenvalue weighted by atomic mass is 35.5. The lowest BCUT2D eigenvalue weighted by Crippen LogP contribution is -3.00. The molecule has 0 heterocycles. The second kappa shape index (κ2) is 11.1. The Bertz CT molecular complexity index is 74.3. The molecule has 0 rings (SSSR count). The highest BCUT2D eigenvalue weighted by Crippen LogP contribution is 1.84. The summed E-state index contributed by atoms with van der Waals surface area (Å²) in [5, 5.41) is 16.1. The molecule has 0 aliphatic rings. The van der Waals surface area contributed by atoms with Crippen molar-refractivity contribution in [2.75, 3.05) is 47.4 Å². The van der Waals surface area contributed by atoms with E-state index in [4.69, 9.17) is 15.9 Å². The average Bonchev–Trinajstić information content (AvgIpc) is 1.86. The van der Waals surface area contributed by atoms with Gasteiger partial charge in [0.05, 0.1) is 34.4 Å². The molecule has 12 heavy (non-hydrogen) atoms. The van der Waals surface area contributed by atoms with E-state index in [2.05, 4.69) is 21.1 Å². The standard InChI is InChI=1S/C5H14NO.C2H7NO.ClH/c1-6(2,3)4-5-7;3-1-2-4;/h7H,4-5H2,1-3H3;4H,1-3H2;1H/q+1;;/p-1. The maximum Gasteiger partial charge on any atom is 0.101 e. The zero-order valence-corrected chi connectivity index (χ0v) is 8.88. The highest BCUT2D eigenvalue weighted by molar-refractivity contribution is 4.19. The van der Waals surface area contributed by atoms with Crippen LogP contribution >= 0.6 is 0 Å². The number of hydrogen-bond acceptors (Lipinski definition) is 3. The summed E-state index contributed by atoms with van der Waals surface area (Å²) in [6.45, 7) is 1.59. The monoisotopic (exact) mass is 200 g/mol. The zero-order chi connectivity index (χ0) is 9.33. The third kappa shape index (κ3) is 32.1. The lowest BCUT2D eigenvalue weighted by molar-refractivity contribution is -0.870. The maximum absolute atomic E-state index is 8.39. The molecule has 0 unspecified atom stereocenters. The first kappa shape index (κ1) is 18.0. The number of quaternary nitrogens is 1. The summed E-state index contributed by atoms with van der Waals surface area (Å²) in [4.78, 5) is 0. The van der Waals surface area contributed by atoms with E-state index in [0.717, 1.165) is 11.0 Å². The Labute approximate surface area is 81.0 Å². The van der Waals surface area contributed by atoms with Crippen molar-refractivity contribution in [2.24, 2.45) is 5.73 Å². The van der Waals surface area contributed by atoms with Crippen LogP contribution < -0.4 is 18.1 Å². The van der Waals surface area contributed by atoms with Crippen LogP contribution in [0.4, 0.5) is 0 Å². The van der Waals surface area contributed by atoms with Crippen LogP contribution in [0.3, 0.4) is 0 Å². The van der Waals surface area contributed by atoms with Crippen LogP contribution in [0.15, 0.2) is 0 Å². The van der Waals surface area contributed by atoms with Crippen molar-refractivity contribution >= 4 is 0 Å². The van der Waals surface area contributed by atoms with Crippen molar-refractivity contribution in [3.8, 4) is 0 Å². The molecule has 0 fully saturated rings. The molecule has 0 aliphatic carbocycles. The molecule has 0 saturated carbocycles. The zero-order valence-electron chi connectivity index (χ0n) is 8.13. The Morgan fingerprint density at radius 2 is 1.42 bits per heavy atom. The largest absolute Gasteiger partial charge is 1.00 e. The van der Waals surface area contributed by atoms with Crippen molar-refractivity contribution in [1.29, 1.82) is 0 Å². The van der Waals surface area contributed by atoms with Gasteiger partial charge >= 0.3 is 0 Å². The normalized spacial score (nSPS) is 9.50. The topological polar surface area (TPSA) is 66.5 Å². The van der Waals surface area contributed by atoms with Crippen molar-refractivity contribution in [3.63, 3.8) is 0 Å². The van der Waals surface area contributed by atoms with Gasteiger partial charge in [-0.15, -0.1) is 0 Å². The van der Waals surface area contributed by atoms with Gasteiger partial charge in [-0.1, -0.05) is 0 Å². The predicted molar refractivity (Wildman–Crippen MR) is 46.1 cm³/mol. The fourth-order valence-corrected chi connectivity index (χ4v) is 0.300. The second-order valence-corrected chi connectivity index (χ2v) is 3.25. The fraction of sp³-hybridized carbons (Fsp3) is 1.00. The van der Waals surface area contributed by atoms with Gasteiger partial charge in [0.15, 0.2) is 0 Å². The third-order valence-electron chi connectivity index (χ3n) is 0.900. The first-order valence-electron chi connectivity index (χ1n) is 3.70. The van der Waals surface area contributed by atoms with Gasteiger partial charge in [0.1, 0.15) is 6.54 Å². The summed E-state index contributed by atoms with van der Waals surface area (Å²) < 4.78 is 0.844. The van der Waals surface area contributed by atoms with Gasteiger partial charge in [-0.3, -0.25) is 0 Å². The molecule has 0 aliphatic heterocycles. The van der Waals surface area contributed by atoms with Crippen LogP contribution in [0, 0.1) is 0 Å². The van der Waals surface area contributed by atoms with Crippen molar-refractivity contribution < 1.29 is 27.1 Å². The Morgan fingerprint density at radius 3 is 1.42 bits per heavy atom. The summed E-state index contributed by atoms with van der Waals surface area (Å²) in [7, 11) is 6.16. The molecule has 4 nitrogen and oxygen atoms in total. The molecule has 0 amide bonds. The van der Waals surface area contributed by atoms with Gasteiger partial charge in [0.25, 0.3) is 0 Å². The van der Waals surface area contributed by atoms with E-state index in [1.165, 1.54) is 0 Å². The van der Waals surface area contributed by atoms with E-state index in [9.17, 15) is 0 Å². The van der Waals surface area contributed by atoms with E-state index in [1.54, 1.807) is 0 Å². The van der Waals surface area contributed by atoms with Crippen LogP contribution in [0.5, 0.6) is 0 Å². The number of nitrogens with zero attached hydrogens (tertiary/aromatic N) is 1. The van der Waals surface area contributed by atoms with Crippen LogP contribution in [0.2, 0.25) is 0 Å². The summed E-state index contributed by atoms with van der Waals surface area (Å²) in [5.74, 6) is 0. The number of halogens is 1. The van der Waals surface area contributed by atoms with Crippen LogP contribution in [-0.2, 0) is 0 Å². The molecule has 0 bridgehead atoms. The molecular weight excluding hydrogens is 180 g/mol. The minimum absolute atomic E-state index is 0. The van der Waals surface area contributed by atoms with Gasteiger partial charge in [-0.2, -0.15) is 0 Å². The fourth-order valence-electron chi connectivity index (χ4n) is 0.300. The Hall–Kier alpha value is 0.130. The SMILES string of the molecule is C[N+](C)(C)CCO.NCCO.[Cl-]. The summed E-state index contributed by atoms with van der Waals surface area (Å²) in [5.41, 5.74) is 4.78. The molecular formula is C7H21ClN2O2. The van der Waals surface area contributed by atoms with E-state index in [0.29, 0.717) is 6.54 Å². The molecule has 0 radical (unpaired) electrons. The van der Waals surface area contributed by atoms with Gasteiger partial charge < -0.3 is 32.8 Å². The summed E-state index contributed by atoms with van der Waals surface area (Å²) in [6.07, 6.45) is 0. The van der Waals surface area contributed by atoms with Crippen molar-refractivity contribution in [2.45, 2.75) is 0 Å². The first-order valence-corrected chi connectivity index (χ1v) is 3.70. The first-order chi connectivity index (χ1) is 4.97. The molecule has 0 saturated heterocycles. The van der Waals surface area contributed by atoms with Crippen LogP contribution in [-0.4, -0.2) is 62.1 Å². The van der Waals surface area contributed by atoms with E-state index < -0.39 is 0 Å². The quantitative estimate of drug-likeness (QED) is 0.404. The van der Waals surface area contributed by atoms with Crippen LogP contribution in [0.1, 0.15) is 0 Å². The van der Waals surface area contributed by atoms with Gasteiger partial charge in [0, 0.05) is 6.54 Å². The number of rotatable bonds is 3. The predicted octanol–water partition coefficient (Wildman–Crippen LogP) is -4.37. The maximum atomic E-state index is 8.39. The minimum Gasteiger partial charge on any atom is -1.00 e. The van der Waals surface area contributed by atoms with Crippen molar-refractivity contribution in [1.82, 2.24) is 0 Å². The van der Waals surface area contributed by atoms with Gasteiger partial charge in [-0.05, 0) is 0 Å². The highest BCUT2D eigenvalue weighted by Gasteiger charge is 2.02. The van der Waals surface area contributed by atoms with E-state index >= 15 is 0 Å². The number of aliphatic hydroxyl groups excluding tert-OH is 2. The van der Waals surface area contributed by atoms with Crippen molar-refractivity contribution in [3.05, 3.63) is 0 Å². The Kier molecular flexibility index (Phi) is 16.7. The number of likely N-dealkylation sites (N-methyl/N-ethyl adjacent to an activating group) is 1. The van der Waals surface area contributed by atoms with Crippen LogP contribution in [0.25, 0.3) is 0 Å². The van der Waals surface area contributed by atoms with Gasteiger partial charge in [0.2, 0.25) is 0 Å². The third-order valence-corrected chi connectivity index (χ3v) is 0.900. The minimum atomic E-state index is 0. The molecule has 0 spiro atoms. The lowest BCUT2D eigenvalue weighted by atomic mass is 10.5. The Balaban J connectivity index is -0.000000142. The molecule has 0 aromatic rings. The smallest absolute Gasteiger partial charge is 0.101 e. The number of hydrogen-bond donors (Lipinski definition) is 3. The molecule has 4 N–H and O–H groups in total. The molecule has 5 heteroatoms. The summed E-state index contributed by atoms with van der Waals surface area (Å²) >= 11 is 0.